The minimum Gasteiger partial charge on any atom is -0.469 e. The maximum atomic E-state index is 12.1. The van der Waals surface area contributed by atoms with Gasteiger partial charge in [0.05, 0.1) is 13.2 Å². The first-order chi connectivity index (χ1) is 11.1. The van der Waals surface area contributed by atoms with Crippen molar-refractivity contribution in [3.8, 4) is 0 Å². The van der Waals surface area contributed by atoms with Crippen molar-refractivity contribution < 1.29 is 19.4 Å². The van der Waals surface area contributed by atoms with Crippen LogP contribution >= 0.6 is 0 Å². The molecule has 23 heavy (non-hydrogen) atoms. The summed E-state index contributed by atoms with van der Waals surface area (Å²) in [5.41, 5.74) is 0. The maximum absolute atomic E-state index is 12.1. The van der Waals surface area contributed by atoms with Gasteiger partial charge < -0.3 is 9.84 Å². The first-order valence-electron chi connectivity index (χ1n) is 9.04. The zero-order chi connectivity index (χ0) is 17.1. The van der Waals surface area contributed by atoms with Crippen molar-refractivity contribution in [1.82, 2.24) is 0 Å². The van der Waals surface area contributed by atoms with Gasteiger partial charge in [0.15, 0.2) is 0 Å². The standard InChI is InChI=1S/C19H32O4/c1-3-4-5-8-11-15-16(18(21)14-17(15)20)12-9-6-7-10-13-19(22)23-2/h8,11,15-17,20H,3-7,9-10,12-14H2,1-2H3/t15-,16+,17-/m1/s1. The number of carbonyl (C=O) groups excluding carboxylic acids is 2. The Balaban J connectivity index is 2.30. The molecular weight excluding hydrogens is 292 g/mol. The van der Waals surface area contributed by atoms with Gasteiger partial charge in [-0.05, 0) is 19.3 Å². The van der Waals surface area contributed by atoms with Gasteiger partial charge in [0.25, 0.3) is 0 Å². The van der Waals surface area contributed by atoms with Crippen LogP contribution in [0.4, 0.5) is 0 Å². The van der Waals surface area contributed by atoms with E-state index in [1.807, 2.05) is 0 Å². The van der Waals surface area contributed by atoms with Gasteiger partial charge in [0.2, 0.25) is 0 Å². The highest BCUT2D eigenvalue weighted by molar-refractivity contribution is 5.84. The molecule has 4 nitrogen and oxygen atoms in total. The second kappa shape index (κ2) is 11.4. The van der Waals surface area contributed by atoms with Crippen LogP contribution in [0.5, 0.6) is 0 Å². The molecule has 4 heteroatoms. The van der Waals surface area contributed by atoms with Gasteiger partial charge >= 0.3 is 5.97 Å². The molecule has 1 saturated carbocycles. The molecule has 0 radical (unpaired) electrons. The number of esters is 1. The highest BCUT2D eigenvalue weighted by atomic mass is 16.5. The summed E-state index contributed by atoms with van der Waals surface area (Å²) in [6, 6.07) is 0. The lowest BCUT2D eigenvalue weighted by atomic mass is 9.88. The topological polar surface area (TPSA) is 63.6 Å². The molecule has 0 saturated heterocycles. The highest BCUT2D eigenvalue weighted by Gasteiger charge is 2.39. The fourth-order valence-electron chi connectivity index (χ4n) is 3.26. The predicted molar refractivity (Wildman–Crippen MR) is 91.0 cm³/mol. The molecule has 0 heterocycles. The van der Waals surface area contributed by atoms with Crippen molar-refractivity contribution in [3.63, 3.8) is 0 Å². The number of ether oxygens (including phenoxy) is 1. The second-order valence-electron chi connectivity index (χ2n) is 6.52. The number of hydrogen-bond acceptors (Lipinski definition) is 4. The van der Waals surface area contributed by atoms with Crippen molar-refractivity contribution >= 4 is 11.8 Å². The molecule has 0 spiro atoms. The molecule has 0 amide bonds. The van der Waals surface area contributed by atoms with Crippen LogP contribution in [0.15, 0.2) is 12.2 Å². The van der Waals surface area contributed by atoms with E-state index in [-0.39, 0.29) is 23.6 Å². The summed E-state index contributed by atoms with van der Waals surface area (Å²) in [6.45, 7) is 2.16. The Morgan fingerprint density at radius 1 is 1.26 bits per heavy atom. The maximum Gasteiger partial charge on any atom is 0.305 e. The van der Waals surface area contributed by atoms with Gasteiger partial charge in [-0.1, -0.05) is 51.2 Å². The average Bonchev–Trinajstić information content (AvgIpc) is 2.80. The molecule has 0 aromatic rings. The monoisotopic (exact) mass is 324 g/mol. The Labute approximate surface area is 140 Å². The summed E-state index contributed by atoms with van der Waals surface area (Å²) in [7, 11) is 1.41. The van der Waals surface area contributed by atoms with Crippen LogP contribution in [0, 0.1) is 11.8 Å². The molecule has 1 aliphatic carbocycles. The van der Waals surface area contributed by atoms with E-state index in [0.29, 0.717) is 12.8 Å². The number of methoxy groups -OCH3 is 1. The second-order valence-corrected chi connectivity index (χ2v) is 6.52. The molecule has 0 bridgehead atoms. The first-order valence-corrected chi connectivity index (χ1v) is 9.04. The lowest BCUT2D eigenvalue weighted by Crippen LogP contribution is -2.18. The van der Waals surface area contributed by atoms with Gasteiger partial charge in [0.1, 0.15) is 5.78 Å². The van der Waals surface area contributed by atoms with E-state index in [0.717, 1.165) is 51.4 Å². The summed E-state index contributed by atoms with van der Waals surface area (Å²) in [4.78, 5) is 23.1. The molecule has 0 unspecified atom stereocenters. The zero-order valence-electron chi connectivity index (χ0n) is 14.6. The van der Waals surface area contributed by atoms with Crippen LogP contribution in [-0.2, 0) is 14.3 Å². The van der Waals surface area contributed by atoms with Crippen molar-refractivity contribution in [2.45, 2.75) is 77.2 Å². The van der Waals surface area contributed by atoms with Crippen LogP contribution in [-0.4, -0.2) is 30.1 Å². The van der Waals surface area contributed by atoms with Gasteiger partial charge in [-0.3, -0.25) is 9.59 Å². The van der Waals surface area contributed by atoms with Gasteiger partial charge in [-0.15, -0.1) is 0 Å². The third-order valence-electron chi connectivity index (χ3n) is 4.69. The Morgan fingerprint density at radius 2 is 2.00 bits per heavy atom. The predicted octanol–water partition coefficient (Wildman–Crippen LogP) is 3.81. The molecule has 1 fully saturated rings. The third-order valence-corrected chi connectivity index (χ3v) is 4.69. The third kappa shape index (κ3) is 7.30. The fraction of sp³-hybridized carbons (Fsp3) is 0.789. The Morgan fingerprint density at radius 3 is 2.70 bits per heavy atom. The summed E-state index contributed by atoms with van der Waals surface area (Å²) in [6.07, 6.45) is 12.4. The van der Waals surface area contributed by atoms with E-state index in [4.69, 9.17) is 0 Å². The molecule has 0 aromatic heterocycles. The summed E-state index contributed by atoms with van der Waals surface area (Å²) in [5.74, 6) is 0.0199. The van der Waals surface area contributed by atoms with Crippen LogP contribution in [0.1, 0.15) is 71.1 Å². The molecule has 3 atom stereocenters. The normalized spacial score (nSPS) is 24.5. The summed E-state index contributed by atoms with van der Waals surface area (Å²) < 4.78 is 4.61. The van der Waals surface area contributed by atoms with E-state index in [1.165, 1.54) is 7.11 Å². The van der Waals surface area contributed by atoms with Crippen LogP contribution in [0.25, 0.3) is 0 Å². The van der Waals surface area contributed by atoms with Crippen molar-refractivity contribution in [2.75, 3.05) is 7.11 Å². The Kier molecular flexibility index (Phi) is 9.85. The summed E-state index contributed by atoms with van der Waals surface area (Å²) in [5, 5.41) is 10.1. The lowest BCUT2D eigenvalue weighted by Gasteiger charge is -2.17. The largest absolute Gasteiger partial charge is 0.469 e. The van der Waals surface area contributed by atoms with Gasteiger partial charge in [0, 0.05) is 24.7 Å². The summed E-state index contributed by atoms with van der Waals surface area (Å²) >= 11 is 0. The zero-order valence-corrected chi connectivity index (χ0v) is 14.6. The van der Waals surface area contributed by atoms with Crippen LogP contribution in [0.3, 0.4) is 0 Å². The number of aliphatic hydroxyl groups excluding tert-OH is 1. The van der Waals surface area contributed by atoms with Crippen LogP contribution < -0.4 is 0 Å². The fourth-order valence-corrected chi connectivity index (χ4v) is 3.26. The molecular formula is C19H32O4. The lowest BCUT2D eigenvalue weighted by molar-refractivity contribution is -0.140. The van der Waals surface area contributed by atoms with E-state index < -0.39 is 6.10 Å². The Hall–Kier alpha value is -1.16. The number of Topliss-reactive ketones (excluding diaryl/α,β-unsaturated/α-hetero) is 1. The van der Waals surface area contributed by atoms with E-state index in [9.17, 15) is 14.7 Å². The molecule has 1 aliphatic rings. The minimum atomic E-state index is -0.510. The van der Waals surface area contributed by atoms with Crippen LogP contribution in [0.2, 0.25) is 0 Å². The number of hydrogen-bond donors (Lipinski definition) is 1. The minimum absolute atomic E-state index is 0.00516. The molecule has 1 rings (SSSR count). The molecule has 0 aromatic carbocycles. The average molecular weight is 324 g/mol. The molecule has 1 N–H and O–H groups in total. The van der Waals surface area contributed by atoms with E-state index in [1.54, 1.807) is 0 Å². The number of aliphatic hydroxyl groups is 1. The smallest absolute Gasteiger partial charge is 0.305 e. The molecule has 132 valence electrons. The first kappa shape index (κ1) is 19.9. The van der Waals surface area contributed by atoms with Crippen molar-refractivity contribution in [1.29, 1.82) is 0 Å². The number of allylic oxidation sites excluding steroid dienone is 1. The van der Waals surface area contributed by atoms with Gasteiger partial charge in [-0.25, -0.2) is 0 Å². The number of unbranched alkanes of at least 4 members (excludes halogenated alkanes) is 5. The quantitative estimate of drug-likeness (QED) is 0.356. The van der Waals surface area contributed by atoms with Crippen molar-refractivity contribution in [3.05, 3.63) is 12.2 Å². The van der Waals surface area contributed by atoms with E-state index >= 15 is 0 Å². The number of carbonyl (C=O) groups is 2. The van der Waals surface area contributed by atoms with Crippen molar-refractivity contribution in [2.24, 2.45) is 11.8 Å². The number of rotatable bonds is 11. The molecule has 0 aliphatic heterocycles. The van der Waals surface area contributed by atoms with Gasteiger partial charge in [-0.2, -0.15) is 0 Å². The number of ketones is 1. The SMILES string of the molecule is CCCCC=C[C@H]1[C@H](O)CC(=O)[C@H]1CCCCCCC(=O)OC. The Bertz CT molecular complexity index is 389. The van der Waals surface area contributed by atoms with E-state index in [2.05, 4.69) is 23.8 Å². The highest BCUT2D eigenvalue weighted by Crippen LogP contribution is 2.34.